The molecule has 1 atom stereocenters. The summed E-state index contributed by atoms with van der Waals surface area (Å²) < 4.78 is 7.38. The van der Waals surface area contributed by atoms with E-state index in [1.165, 1.54) is 11.3 Å². The number of aryl methyl sites for hydroxylation is 2. The van der Waals surface area contributed by atoms with Crippen molar-refractivity contribution < 1.29 is 9.21 Å². The van der Waals surface area contributed by atoms with Crippen molar-refractivity contribution in [2.75, 3.05) is 0 Å². The van der Waals surface area contributed by atoms with Gasteiger partial charge in [-0.05, 0) is 48.9 Å². The summed E-state index contributed by atoms with van der Waals surface area (Å²) in [6.45, 7) is 6.62. The lowest BCUT2D eigenvalue weighted by molar-refractivity contribution is -0.122. The van der Waals surface area contributed by atoms with Gasteiger partial charge >= 0.3 is 0 Å². The van der Waals surface area contributed by atoms with Crippen LogP contribution in [0.1, 0.15) is 55.3 Å². The lowest BCUT2D eigenvalue weighted by Crippen LogP contribution is -2.36. The number of nitrogens with zero attached hydrogens (tertiary/aromatic N) is 2. The Morgan fingerprint density at radius 3 is 2.86 bits per heavy atom. The second-order valence-corrected chi connectivity index (χ2v) is 8.49. The molecule has 1 aliphatic carbocycles. The minimum Gasteiger partial charge on any atom is -0.469 e. The number of amides is 1. The maximum Gasteiger partial charge on any atom is 0.220 e. The third-order valence-corrected chi connectivity index (χ3v) is 5.54. The van der Waals surface area contributed by atoms with Crippen LogP contribution in [0, 0.1) is 12.3 Å². The molecule has 0 radical (unpaired) electrons. The second-order valence-electron chi connectivity index (χ2n) is 8.49. The van der Waals surface area contributed by atoms with Crippen LogP contribution >= 0.6 is 0 Å². The average molecular weight is 377 g/mol. The van der Waals surface area contributed by atoms with Gasteiger partial charge in [-0.2, -0.15) is 5.10 Å². The number of rotatable bonds is 5. The summed E-state index contributed by atoms with van der Waals surface area (Å²) in [5.74, 6) is 0.890. The van der Waals surface area contributed by atoms with Gasteiger partial charge in [-0.1, -0.05) is 32.0 Å². The Morgan fingerprint density at radius 2 is 2.11 bits per heavy atom. The van der Waals surface area contributed by atoms with Gasteiger partial charge in [0.05, 0.1) is 29.9 Å². The number of nitrogens with one attached hydrogen (secondary N) is 1. The first kappa shape index (κ1) is 18.5. The summed E-state index contributed by atoms with van der Waals surface area (Å²) in [7, 11) is 0. The molecule has 0 fully saturated rings. The van der Waals surface area contributed by atoms with E-state index in [1.807, 2.05) is 35.1 Å². The van der Waals surface area contributed by atoms with E-state index in [4.69, 9.17) is 4.42 Å². The zero-order valence-corrected chi connectivity index (χ0v) is 16.7. The molecular weight excluding hydrogens is 350 g/mol. The van der Waals surface area contributed by atoms with Crippen molar-refractivity contribution in [2.24, 2.45) is 5.41 Å². The smallest absolute Gasteiger partial charge is 0.220 e. The fourth-order valence-corrected chi connectivity index (χ4v) is 4.14. The molecular formula is C23H27N3O2. The van der Waals surface area contributed by atoms with Gasteiger partial charge in [0.1, 0.15) is 5.76 Å². The Balaban J connectivity index is 1.57. The SMILES string of the molecule is Cc1ccccc1-n1ncc2c1CC(C)(C)C[C@@H]2NC(=O)CCc1ccco1. The number of para-hydroxylation sites is 1. The molecule has 28 heavy (non-hydrogen) atoms. The normalized spacial score (nSPS) is 17.9. The predicted molar refractivity (Wildman–Crippen MR) is 108 cm³/mol. The molecule has 4 rings (SSSR count). The van der Waals surface area contributed by atoms with Gasteiger partial charge in [0.15, 0.2) is 0 Å². The highest BCUT2D eigenvalue weighted by Crippen LogP contribution is 2.41. The molecule has 0 bridgehead atoms. The van der Waals surface area contributed by atoms with Crippen LogP contribution in [-0.4, -0.2) is 15.7 Å². The molecule has 0 saturated heterocycles. The maximum absolute atomic E-state index is 12.6. The van der Waals surface area contributed by atoms with Crippen molar-refractivity contribution in [1.29, 1.82) is 0 Å². The number of fused-ring (bicyclic) bond motifs is 1. The summed E-state index contributed by atoms with van der Waals surface area (Å²) in [5, 5.41) is 7.93. The Bertz CT molecular complexity index is 970. The molecule has 1 aromatic carbocycles. The molecule has 1 amide bonds. The summed E-state index contributed by atoms with van der Waals surface area (Å²) in [5.41, 5.74) is 4.71. The van der Waals surface area contributed by atoms with Gasteiger partial charge in [0.25, 0.3) is 0 Å². The lowest BCUT2D eigenvalue weighted by Gasteiger charge is -2.36. The Hall–Kier alpha value is -2.82. The van der Waals surface area contributed by atoms with E-state index in [-0.39, 0.29) is 17.4 Å². The third kappa shape index (κ3) is 3.75. The molecule has 0 unspecified atom stereocenters. The first-order valence-corrected chi connectivity index (χ1v) is 9.87. The van der Waals surface area contributed by atoms with Crippen molar-refractivity contribution in [2.45, 2.75) is 52.5 Å². The summed E-state index contributed by atoms with van der Waals surface area (Å²) in [6, 6.07) is 12.0. The van der Waals surface area contributed by atoms with Gasteiger partial charge in [-0.25, -0.2) is 4.68 Å². The van der Waals surface area contributed by atoms with Crippen molar-refractivity contribution in [3.63, 3.8) is 0 Å². The molecule has 3 aromatic rings. The second kappa shape index (κ2) is 7.30. The predicted octanol–water partition coefficient (Wildman–Crippen LogP) is 4.54. The lowest BCUT2D eigenvalue weighted by atomic mass is 9.74. The fourth-order valence-electron chi connectivity index (χ4n) is 4.14. The van der Waals surface area contributed by atoms with Crippen LogP contribution < -0.4 is 5.32 Å². The zero-order valence-electron chi connectivity index (χ0n) is 16.7. The molecule has 5 heteroatoms. The average Bonchev–Trinajstić information content (AvgIpc) is 3.29. The van der Waals surface area contributed by atoms with Crippen LogP contribution in [0.25, 0.3) is 5.69 Å². The number of carbonyl (C=O) groups excluding carboxylic acids is 1. The standard InChI is InChI=1S/C23H27N3O2/c1-16-7-4-5-9-20(16)26-21-14-23(2,3)13-19(18(21)15-24-26)25-22(27)11-10-17-8-6-12-28-17/h4-9,12,15,19H,10-11,13-14H2,1-3H3,(H,25,27)/t19-/m0/s1. The van der Waals surface area contributed by atoms with E-state index < -0.39 is 0 Å². The van der Waals surface area contributed by atoms with Gasteiger partial charge in [0, 0.05) is 18.4 Å². The number of carbonyl (C=O) groups is 1. The third-order valence-electron chi connectivity index (χ3n) is 5.54. The van der Waals surface area contributed by atoms with Crippen molar-refractivity contribution in [1.82, 2.24) is 15.1 Å². The van der Waals surface area contributed by atoms with E-state index in [2.05, 4.69) is 43.3 Å². The van der Waals surface area contributed by atoms with Crippen molar-refractivity contribution in [3.8, 4) is 5.69 Å². The highest BCUT2D eigenvalue weighted by Gasteiger charge is 2.36. The first-order valence-electron chi connectivity index (χ1n) is 9.87. The van der Waals surface area contributed by atoms with Crippen molar-refractivity contribution in [3.05, 3.63) is 71.4 Å². The number of furan rings is 1. The largest absolute Gasteiger partial charge is 0.469 e. The molecule has 0 spiro atoms. The number of aromatic nitrogens is 2. The first-order chi connectivity index (χ1) is 13.4. The molecule has 1 aliphatic rings. The van der Waals surface area contributed by atoms with Crippen LogP contribution in [0.15, 0.2) is 53.3 Å². The Labute approximate surface area is 165 Å². The Kier molecular flexibility index (Phi) is 4.84. The Morgan fingerprint density at radius 1 is 1.29 bits per heavy atom. The number of hydrogen-bond acceptors (Lipinski definition) is 3. The van der Waals surface area contributed by atoms with E-state index in [9.17, 15) is 4.79 Å². The summed E-state index contributed by atoms with van der Waals surface area (Å²) in [4.78, 5) is 12.6. The molecule has 2 aromatic heterocycles. The van der Waals surface area contributed by atoms with Crippen molar-refractivity contribution >= 4 is 5.91 Å². The van der Waals surface area contributed by atoms with Gasteiger partial charge < -0.3 is 9.73 Å². The van der Waals surface area contributed by atoms with Crippen LogP contribution in [0.4, 0.5) is 0 Å². The van der Waals surface area contributed by atoms with E-state index >= 15 is 0 Å². The van der Waals surface area contributed by atoms with Crippen LogP contribution in [0.3, 0.4) is 0 Å². The summed E-state index contributed by atoms with van der Waals surface area (Å²) >= 11 is 0. The maximum atomic E-state index is 12.6. The molecule has 5 nitrogen and oxygen atoms in total. The topological polar surface area (TPSA) is 60.1 Å². The van der Waals surface area contributed by atoms with Crippen LogP contribution in [0.5, 0.6) is 0 Å². The fraction of sp³-hybridized carbons (Fsp3) is 0.391. The van der Waals surface area contributed by atoms with E-state index in [0.717, 1.165) is 29.9 Å². The van der Waals surface area contributed by atoms with E-state index in [0.29, 0.717) is 12.8 Å². The van der Waals surface area contributed by atoms with Crippen LogP contribution in [-0.2, 0) is 17.6 Å². The number of benzene rings is 1. The van der Waals surface area contributed by atoms with Crippen LogP contribution in [0.2, 0.25) is 0 Å². The molecule has 0 saturated carbocycles. The zero-order chi connectivity index (χ0) is 19.7. The molecule has 146 valence electrons. The minimum atomic E-state index is -0.0133. The highest BCUT2D eigenvalue weighted by atomic mass is 16.3. The van der Waals surface area contributed by atoms with E-state index in [1.54, 1.807) is 6.26 Å². The quantitative estimate of drug-likeness (QED) is 0.710. The monoisotopic (exact) mass is 377 g/mol. The molecule has 0 aliphatic heterocycles. The summed E-state index contributed by atoms with van der Waals surface area (Å²) in [6.07, 6.45) is 6.45. The molecule has 2 heterocycles. The minimum absolute atomic E-state index is 0.0133. The highest BCUT2D eigenvalue weighted by molar-refractivity contribution is 5.76. The van der Waals surface area contributed by atoms with Gasteiger partial charge in [0.2, 0.25) is 5.91 Å². The van der Waals surface area contributed by atoms with Gasteiger partial charge in [-0.15, -0.1) is 0 Å². The molecule has 1 N–H and O–H groups in total. The van der Waals surface area contributed by atoms with Gasteiger partial charge in [-0.3, -0.25) is 4.79 Å². The number of hydrogen-bond donors (Lipinski definition) is 1.